The average Bonchev–Trinajstić information content (AvgIpc) is 2.49. The minimum atomic E-state index is -0.536. The van der Waals surface area contributed by atoms with E-state index in [1.165, 1.54) is 5.56 Å². The summed E-state index contributed by atoms with van der Waals surface area (Å²) in [5.41, 5.74) is 8.98. The monoisotopic (exact) mass is 411 g/mol. The normalized spacial score (nSPS) is 12.4. The molecule has 22 heavy (non-hydrogen) atoms. The molecule has 0 heterocycles. The smallest absolute Gasteiger partial charge is 0.193 e. The van der Waals surface area contributed by atoms with Crippen molar-refractivity contribution in [1.82, 2.24) is 0 Å². The number of guanidine groups is 1. The highest BCUT2D eigenvalue weighted by Crippen LogP contribution is 2.08. The van der Waals surface area contributed by atoms with E-state index in [4.69, 9.17) is 5.73 Å². The lowest BCUT2D eigenvalue weighted by molar-refractivity contribution is 0.184. The number of hydrogen-bond donors (Lipinski definition) is 3. The number of nitrogens with one attached hydrogen (secondary N) is 1. The van der Waals surface area contributed by atoms with Crippen LogP contribution >= 0.6 is 24.0 Å². The van der Waals surface area contributed by atoms with Crippen LogP contribution in [-0.2, 0) is 6.42 Å². The SMILES string of the molecule is Cc1ccc(NC(N)=NCC(O)Cc2ccccc2)cc1.I. The second-order valence-electron chi connectivity index (χ2n) is 5.06. The quantitative estimate of drug-likeness (QED) is 0.403. The third-order valence-corrected chi connectivity index (χ3v) is 3.11. The van der Waals surface area contributed by atoms with Crippen molar-refractivity contribution in [2.24, 2.45) is 10.7 Å². The van der Waals surface area contributed by atoms with Crippen LogP contribution in [-0.4, -0.2) is 23.7 Å². The van der Waals surface area contributed by atoms with Gasteiger partial charge in [0.05, 0.1) is 12.6 Å². The number of halogens is 1. The van der Waals surface area contributed by atoms with E-state index in [9.17, 15) is 5.11 Å². The Morgan fingerprint density at radius 1 is 1.14 bits per heavy atom. The number of aliphatic hydroxyl groups excluding tert-OH is 1. The van der Waals surface area contributed by atoms with Gasteiger partial charge >= 0.3 is 0 Å². The summed E-state index contributed by atoms with van der Waals surface area (Å²) in [5.74, 6) is 0.311. The molecule has 0 aliphatic rings. The van der Waals surface area contributed by atoms with Crippen LogP contribution in [0.1, 0.15) is 11.1 Å². The molecule has 2 aromatic carbocycles. The Morgan fingerprint density at radius 2 is 1.77 bits per heavy atom. The van der Waals surface area contributed by atoms with Gasteiger partial charge in [-0.05, 0) is 24.6 Å². The van der Waals surface area contributed by atoms with E-state index < -0.39 is 6.10 Å². The second kappa shape index (κ2) is 9.42. The van der Waals surface area contributed by atoms with Crippen LogP contribution in [0.3, 0.4) is 0 Å². The van der Waals surface area contributed by atoms with Gasteiger partial charge in [0, 0.05) is 12.1 Å². The van der Waals surface area contributed by atoms with Crippen molar-refractivity contribution in [2.75, 3.05) is 11.9 Å². The summed E-state index contributed by atoms with van der Waals surface area (Å²) >= 11 is 0. The molecule has 2 rings (SSSR count). The molecule has 0 saturated heterocycles. The van der Waals surface area contributed by atoms with Crippen LogP contribution in [0.5, 0.6) is 0 Å². The first-order chi connectivity index (χ1) is 10.1. The van der Waals surface area contributed by atoms with Crippen molar-refractivity contribution in [1.29, 1.82) is 0 Å². The van der Waals surface area contributed by atoms with E-state index >= 15 is 0 Å². The molecule has 118 valence electrons. The Labute approximate surface area is 148 Å². The molecule has 1 unspecified atom stereocenters. The van der Waals surface area contributed by atoms with Crippen molar-refractivity contribution in [3.8, 4) is 0 Å². The standard InChI is InChI=1S/C17H21N3O.HI/c1-13-7-9-15(10-8-13)20-17(18)19-12-16(21)11-14-5-3-2-4-6-14;/h2-10,16,21H,11-12H2,1H3,(H3,18,19,20);1H. The lowest BCUT2D eigenvalue weighted by Gasteiger charge is -2.10. The fourth-order valence-electron chi connectivity index (χ4n) is 1.98. The number of nitrogens with two attached hydrogens (primary N) is 1. The zero-order valence-electron chi connectivity index (χ0n) is 12.6. The van der Waals surface area contributed by atoms with Crippen LogP contribution < -0.4 is 11.1 Å². The molecule has 0 aliphatic heterocycles. The van der Waals surface area contributed by atoms with Gasteiger partial charge in [-0.15, -0.1) is 24.0 Å². The average molecular weight is 411 g/mol. The van der Waals surface area contributed by atoms with E-state index in [-0.39, 0.29) is 30.5 Å². The molecule has 0 bridgehead atoms. The topological polar surface area (TPSA) is 70.6 Å². The van der Waals surface area contributed by atoms with E-state index in [0.717, 1.165) is 11.3 Å². The predicted molar refractivity (Wildman–Crippen MR) is 103 cm³/mol. The first-order valence-corrected chi connectivity index (χ1v) is 6.99. The molecule has 0 aromatic heterocycles. The van der Waals surface area contributed by atoms with E-state index in [0.29, 0.717) is 12.4 Å². The molecule has 0 radical (unpaired) electrons. The Hall–Kier alpha value is -1.60. The van der Waals surface area contributed by atoms with Gasteiger partial charge in [0.25, 0.3) is 0 Å². The van der Waals surface area contributed by atoms with Crippen LogP contribution in [0, 0.1) is 6.92 Å². The second-order valence-corrected chi connectivity index (χ2v) is 5.06. The highest BCUT2D eigenvalue weighted by atomic mass is 127. The summed E-state index contributed by atoms with van der Waals surface area (Å²) in [7, 11) is 0. The van der Waals surface area contributed by atoms with Crippen molar-refractivity contribution < 1.29 is 5.11 Å². The van der Waals surface area contributed by atoms with Gasteiger partial charge in [-0.2, -0.15) is 0 Å². The maximum absolute atomic E-state index is 9.96. The van der Waals surface area contributed by atoms with Crippen LogP contribution in [0.25, 0.3) is 0 Å². The predicted octanol–water partition coefficient (Wildman–Crippen LogP) is 2.94. The maximum atomic E-state index is 9.96. The molecule has 2 aromatic rings. The fraction of sp³-hybridized carbons (Fsp3) is 0.235. The molecule has 1 atom stereocenters. The van der Waals surface area contributed by atoms with E-state index in [2.05, 4.69) is 10.3 Å². The number of aliphatic imine (C=N–C) groups is 1. The first-order valence-electron chi connectivity index (χ1n) is 6.99. The minimum absolute atomic E-state index is 0. The lowest BCUT2D eigenvalue weighted by atomic mass is 10.1. The summed E-state index contributed by atoms with van der Waals surface area (Å²) in [6.45, 7) is 2.31. The molecule has 4 nitrogen and oxygen atoms in total. The third-order valence-electron chi connectivity index (χ3n) is 3.11. The molecule has 0 fully saturated rings. The largest absolute Gasteiger partial charge is 0.391 e. The molecular weight excluding hydrogens is 389 g/mol. The highest BCUT2D eigenvalue weighted by Gasteiger charge is 2.05. The van der Waals surface area contributed by atoms with Gasteiger partial charge in [-0.25, -0.2) is 0 Å². The van der Waals surface area contributed by atoms with Gasteiger partial charge in [-0.1, -0.05) is 48.0 Å². The zero-order chi connectivity index (χ0) is 15.1. The van der Waals surface area contributed by atoms with Crippen LogP contribution in [0.2, 0.25) is 0 Å². The van der Waals surface area contributed by atoms with Gasteiger partial charge in [-0.3, -0.25) is 4.99 Å². The molecule has 0 saturated carbocycles. The zero-order valence-corrected chi connectivity index (χ0v) is 14.9. The number of aliphatic hydroxyl groups is 1. The molecule has 0 aliphatic carbocycles. The maximum Gasteiger partial charge on any atom is 0.193 e. The molecule has 5 heteroatoms. The first kappa shape index (κ1) is 18.4. The summed E-state index contributed by atoms with van der Waals surface area (Å²) in [5, 5.41) is 13.0. The lowest BCUT2D eigenvalue weighted by Crippen LogP contribution is -2.25. The third kappa shape index (κ3) is 6.44. The number of rotatable bonds is 5. The van der Waals surface area contributed by atoms with Crippen molar-refractivity contribution >= 4 is 35.6 Å². The number of nitrogens with zero attached hydrogens (tertiary/aromatic N) is 1. The van der Waals surface area contributed by atoms with Gasteiger partial charge in [0.2, 0.25) is 0 Å². The molecular formula is C17H22IN3O. The molecule has 0 amide bonds. The summed E-state index contributed by atoms with van der Waals surface area (Å²) < 4.78 is 0. The van der Waals surface area contributed by atoms with E-state index in [1.54, 1.807) is 0 Å². The summed E-state index contributed by atoms with van der Waals surface area (Å²) in [4.78, 5) is 4.17. The van der Waals surface area contributed by atoms with Crippen LogP contribution in [0.4, 0.5) is 5.69 Å². The van der Waals surface area contributed by atoms with Crippen LogP contribution in [0.15, 0.2) is 59.6 Å². The highest BCUT2D eigenvalue weighted by molar-refractivity contribution is 14.0. The van der Waals surface area contributed by atoms with E-state index in [1.807, 2.05) is 61.5 Å². The van der Waals surface area contributed by atoms with Crippen molar-refractivity contribution in [2.45, 2.75) is 19.4 Å². The minimum Gasteiger partial charge on any atom is -0.391 e. The number of anilines is 1. The van der Waals surface area contributed by atoms with Gasteiger partial charge in [0.15, 0.2) is 5.96 Å². The Bertz CT molecular complexity index is 585. The Balaban J connectivity index is 0.00000242. The van der Waals surface area contributed by atoms with Crippen molar-refractivity contribution in [3.05, 3.63) is 65.7 Å². The summed E-state index contributed by atoms with van der Waals surface area (Å²) in [6.07, 6.45) is 0.0353. The molecule has 4 N–H and O–H groups in total. The fourth-order valence-corrected chi connectivity index (χ4v) is 1.98. The van der Waals surface area contributed by atoms with Gasteiger partial charge < -0.3 is 16.2 Å². The number of benzene rings is 2. The number of hydrogen-bond acceptors (Lipinski definition) is 2. The van der Waals surface area contributed by atoms with Gasteiger partial charge in [0.1, 0.15) is 0 Å². The molecule has 0 spiro atoms. The summed E-state index contributed by atoms with van der Waals surface area (Å²) in [6, 6.07) is 17.7. The number of aryl methyl sites for hydroxylation is 1. The Morgan fingerprint density at radius 3 is 2.41 bits per heavy atom. The Kier molecular flexibility index (Phi) is 7.90. The van der Waals surface area contributed by atoms with Crippen molar-refractivity contribution in [3.63, 3.8) is 0 Å².